The van der Waals surface area contributed by atoms with Crippen LogP contribution in [0.15, 0.2) is 29.1 Å². The van der Waals surface area contributed by atoms with E-state index in [-0.39, 0.29) is 30.0 Å². The van der Waals surface area contributed by atoms with Crippen molar-refractivity contribution in [3.8, 4) is 0 Å². The highest BCUT2D eigenvalue weighted by Gasteiger charge is 2.11. The third kappa shape index (κ3) is 2.30. The van der Waals surface area contributed by atoms with Gasteiger partial charge in [-0.3, -0.25) is 4.79 Å². The van der Waals surface area contributed by atoms with E-state index in [1.165, 1.54) is 28.0 Å². The first-order valence-corrected chi connectivity index (χ1v) is 6.68. The molecule has 2 aromatic heterocycles. The number of fused-ring (bicyclic) bond motifs is 1. The van der Waals surface area contributed by atoms with Crippen molar-refractivity contribution in [1.82, 2.24) is 19.8 Å². The number of rotatable bonds is 3. The molecule has 2 N–H and O–H groups in total. The van der Waals surface area contributed by atoms with E-state index in [1.54, 1.807) is 12.1 Å². The lowest BCUT2D eigenvalue weighted by Crippen LogP contribution is -2.22. The Balaban J connectivity index is 2.01. The number of halogens is 1. The summed E-state index contributed by atoms with van der Waals surface area (Å²) in [5.41, 5.74) is 6.22. The van der Waals surface area contributed by atoms with Crippen molar-refractivity contribution in [3.63, 3.8) is 0 Å². The van der Waals surface area contributed by atoms with Gasteiger partial charge in [-0.05, 0) is 17.7 Å². The van der Waals surface area contributed by atoms with Crippen molar-refractivity contribution < 1.29 is 4.39 Å². The van der Waals surface area contributed by atoms with E-state index in [1.807, 2.05) is 0 Å². The molecule has 6 nitrogen and oxygen atoms in total. The fourth-order valence-corrected chi connectivity index (χ4v) is 2.48. The molecule has 0 aliphatic rings. The smallest absolute Gasteiger partial charge is 0.297 e. The summed E-state index contributed by atoms with van der Waals surface area (Å²) in [6, 6.07) is 5.90. The predicted molar refractivity (Wildman–Crippen MR) is 72.0 cm³/mol. The number of aromatic nitrogens is 4. The Morgan fingerprint density at radius 3 is 2.70 bits per heavy atom. The van der Waals surface area contributed by atoms with Gasteiger partial charge in [0, 0.05) is 13.0 Å². The maximum absolute atomic E-state index is 12.8. The summed E-state index contributed by atoms with van der Waals surface area (Å²) in [5, 5.41) is 12.6. The Labute approximate surface area is 116 Å². The van der Waals surface area contributed by atoms with Gasteiger partial charge in [-0.2, -0.15) is 9.61 Å². The number of hydrogen-bond acceptors (Lipinski definition) is 6. The Morgan fingerprint density at radius 1 is 1.25 bits per heavy atom. The lowest BCUT2D eigenvalue weighted by Gasteiger charge is -1.99. The zero-order valence-corrected chi connectivity index (χ0v) is 11.1. The normalized spacial score (nSPS) is 11.1. The molecule has 0 aliphatic heterocycles. The monoisotopic (exact) mass is 291 g/mol. The van der Waals surface area contributed by atoms with Gasteiger partial charge >= 0.3 is 0 Å². The number of benzene rings is 1. The molecule has 0 fully saturated rings. The van der Waals surface area contributed by atoms with E-state index < -0.39 is 0 Å². The topological polar surface area (TPSA) is 86.2 Å². The quantitative estimate of drug-likeness (QED) is 0.769. The number of hydrogen-bond donors (Lipinski definition) is 1. The summed E-state index contributed by atoms with van der Waals surface area (Å²) in [6.07, 6.45) is 0.282. The SMILES string of the molecule is NCc1nn2c(=O)c(Cc3ccc(F)cc3)nnc2s1. The first-order chi connectivity index (χ1) is 9.67. The molecule has 0 aliphatic carbocycles. The van der Waals surface area contributed by atoms with E-state index in [2.05, 4.69) is 15.3 Å². The van der Waals surface area contributed by atoms with Gasteiger partial charge in [-0.25, -0.2) is 4.39 Å². The van der Waals surface area contributed by atoms with Crippen molar-refractivity contribution in [1.29, 1.82) is 0 Å². The van der Waals surface area contributed by atoms with Gasteiger partial charge in [0.2, 0.25) is 4.96 Å². The third-order valence-corrected chi connectivity index (χ3v) is 3.68. The standard InChI is InChI=1S/C12H10FN5OS/c13-8-3-1-7(2-4-8)5-9-11(19)18-12(16-15-9)20-10(6-14)17-18/h1-4H,5-6,14H2. The average Bonchev–Trinajstić information content (AvgIpc) is 2.88. The van der Waals surface area contributed by atoms with Gasteiger partial charge < -0.3 is 5.73 Å². The van der Waals surface area contributed by atoms with Crippen LogP contribution >= 0.6 is 11.3 Å². The van der Waals surface area contributed by atoms with Gasteiger partial charge in [0.25, 0.3) is 5.56 Å². The molecule has 0 saturated heterocycles. The molecule has 102 valence electrons. The average molecular weight is 291 g/mol. The van der Waals surface area contributed by atoms with E-state index in [0.717, 1.165) is 5.56 Å². The molecule has 0 atom stereocenters. The molecule has 2 heterocycles. The Kier molecular flexibility index (Phi) is 3.25. The number of nitrogens with two attached hydrogens (primary N) is 1. The largest absolute Gasteiger partial charge is 0.324 e. The highest BCUT2D eigenvalue weighted by molar-refractivity contribution is 7.16. The zero-order valence-electron chi connectivity index (χ0n) is 10.3. The van der Waals surface area contributed by atoms with Crippen LogP contribution in [-0.2, 0) is 13.0 Å². The van der Waals surface area contributed by atoms with Crippen molar-refractivity contribution in [3.05, 3.63) is 56.7 Å². The molecule has 0 saturated carbocycles. The molecule has 1 aromatic carbocycles. The summed E-state index contributed by atoms with van der Waals surface area (Å²) in [7, 11) is 0. The molecular formula is C12H10FN5OS. The van der Waals surface area contributed by atoms with Crippen molar-refractivity contribution in [2.75, 3.05) is 0 Å². The van der Waals surface area contributed by atoms with Crippen molar-refractivity contribution in [2.24, 2.45) is 5.73 Å². The zero-order chi connectivity index (χ0) is 14.1. The van der Waals surface area contributed by atoms with Crippen molar-refractivity contribution in [2.45, 2.75) is 13.0 Å². The third-order valence-electron chi connectivity index (χ3n) is 2.76. The lowest BCUT2D eigenvalue weighted by molar-refractivity contribution is 0.627. The van der Waals surface area contributed by atoms with Crippen LogP contribution in [0.5, 0.6) is 0 Å². The first-order valence-electron chi connectivity index (χ1n) is 5.86. The van der Waals surface area contributed by atoms with Gasteiger partial charge in [0.15, 0.2) is 0 Å². The van der Waals surface area contributed by atoms with Gasteiger partial charge in [0.05, 0.1) is 0 Å². The Bertz CT molecular complexity index is 811. The fraction of sp³-hybridized carbons (Fsp3) is 0.167. The van der Waals surface area contributed by atoms with E-state index >= 15 is 0 Å². The summed E-state index contributed by atoms with van der Waals surface area (Å²) in [6.45, 7) is 0.251. The lowest BCUT2D eigenvalue weighted by atomic mass is 10.1. The molecule has 3 rings (SSSR count). The highest BCUT2D eigenvalue weighted by Crippen LogP contribution is 2.10. The van der Waals surface area contributed by atoms with E-state index in [0.29, 0.717) is 9.97 Å². The molecule has 20 heavy (non-hydrogen) atoms. The van der Waals surface area contributed by atoms with E-state index in [9.17, 15) is 9.18 Å². The summed E-state index contributed by atoms with van der Waals surface area (Å²) in [5.74, 6) is -0.320. The highest BCUT2D eigenvalue weighted by atomic mass is 32.1. The Hall–Kier alpha value is -2.19. The second-order valence-corrected chi connectivity index (χ2v) is 5.19. The minimum atomic E-state index is -0.324. The van der Waals surface area contributed by atoms with Crippen LogP contribution in [0.1, 0.15) is 16.3 Å². The predicted octanol–water partition coefficient (Wildman–Crippen LogP) is 0.735. The van der Waals surface area contributed by atoms with Crippen LogP contribution < -0.4 is 11.3 Å². The second kappa shape index (κ2) is 5.06. The van der Waals surface area contributed by atoms with E-state index in [4.69, 9.17) is 5.73 Å². The molecule has 0 unspecified atom stereocenters. The molecule has 3 aromatic rings. The second-order valence-electron chi connectivity index (χ2n) is 4.15. The molecule has 0 spiro atoms. The van der Waals surface area contributed by atoms with Crippen LogP contribution in [0.4, 0.5) is 4.39 Å². The molecule has 0 bridgehead atoms. The van der Waals surface area contributed by atoms with Gasteiger partial charge in [-0.1, -0.05) is 23.5 Å². The summed E-state index contributed by atoms with van der Waals surface area (Å²) in [4.78, 5) is 12.6. The minimum absolute atomic E-state index is 0.251. The van der Waals surface area contributed by atoms with Crippen LogP contribution in [0, 0.1) is 5.82 Å². The number of nitrogens with zero attached hydrogens (tertiary/aromatic N) is 4. The Morgan fingerprint density at radius 2 is 2.00 bits per heavy atom. The van der Waals surface area contributed by atoms with Gasteiger partial charge in [-0.15, -0.1) is 10.2 Å². The van der Waals surface area contributed by atoms with Crippen LogP contribution in [-0.4, -0.2) is 19.8 Å². The summed E-state index contributed by atoms with van der Waals surface area (Å²) < 4.78 is 14.0. The molecule has 0 radical (unpaired) electrons. The maximum atomic E-state index is 12.8. The fourth-order valence-electron chi connectivity index (χ4n) is 1.78. The van der Waals surface area contributed by atoms with Crippen LogP contribution in [0.3, 0.4) is 0 Å². The molecule has 0 amide bonds. The molecular weight excluding hydrogens is 281 g/mol. The van der Waals surface area contributed by atoms with Crippen molar-refractivity contribution >= 4 is 16.3 Å². The minimum Gasteiger partial charge on any atom is -0.324 e. The first kappa shape index (κ1) is 12.8. The van der Waals surface area contributed by atoms with Crippen LogP contribution in [0.25, 0.3) is 4.96 Å². The molecule has 8 heteroatoms. The summed E-state index contributed by atoms with van der Waals surface area (Å²) >= 11 is 1.23. The van der Waals surface area contributed by atoms with Gasteiger partial charge in [0.1, 0.15) is 16.5 Å². The maximum Gasteiger partial charge on any atom is 0.297 e. The van der Waals surface area contributed by atoms with Crippen LogP contribution in [0.2, 0.25) is 0 Å².